The molecule has 0 spiro atoms. The maximum Gasteiger partial charge on any atom is 0.306 e. The highest BCUT2D eigenvalue weighted by atomic mass is 16.6. The average Bonchev–Trinajstić information content (AvgIpc) is 3.09. The Bertz CT molecular complexity index is 895. The number of rotatable bonds is 34. The van der Waals surface area contributed by atoms with E-state index in [0.717, 1.165) is 70.6 Å². The first-order valence-electron chi connectivity index (χ1n) is 19.5. The molecule has 0 aliphatic heterocycles. The van der Waals surface area contributed by atoms with E-state index in [-0.39, 0.29) is 25.2 Å². The topological polar surface area (TPSA) is 72.8 Å². The lowest BCUT2D eigenvalue weighted by atomic mass is 10.1. The van der Waals surface area contributed by atoms with Crippen molar-refractivity contribution >= 4 is 11.9 Å². The first-order chi connectivity index (χ1) is 23.6. The number of hydrogen-bond acceptors (Lipinski definition) is 5. The van der Waals surface area contributed by atoms with Gasteiger partial charge in [-0.1, -0.05) is 145 Å². The van der Waals surface area contributed by atoms with E-state index in [1.807, 2.05) is 0 Å². The average molecular weight is 669 g/mol. The third-order valence-electron chi connectivity index (χ3n) is 7.98. The molecule has 0 aromatic heterocycles. The quantitative estimate of drug-likeness (QED) is 0.0420. The van der Waals surface area contributed by atoms with Gasteiger partial charge in [0.1, 0.15) is 6.61 Å². The van der Waals surface area contributed by atoms with Gasteiger partial charge >= 0.3 is 11.9 Å². The number of hydrogen-bond donors (Lipinski definition) is 1. The molecule has 0 saturated heterocycles. The fourth-order valence-electron chi connectivity index (χ4n) is 5.04. The van der Waals surface area contributed by atoms with Gasteiger partial charge in [-0.25, -0.2) is 0 Å². The van der Waals surface area contributed by atoms with Crippen molar-refractivity contribution in [3.63, 3.8) is 0 Å². The van der Waals surface area contributed by atoms with Crippen LogP contribution in [0.5, 0.6) is 0 Å². The molecule has 0 saturated carbocycles. The monoisotopic (exact) mass is 669 g/mol. The Morgan fingerprint density at radius 2 is 0.896 bits per heavy atom. The van der Waals surface area contributed by atoms with E-state index in [4.69, 9.17) is 9.47 Å². The van der Waals surface area contributed by atoms with Crippen molar-refractivity contribution in [1.29, 1.82) is 0 Å². The lowest BCUT2D eigenvalue weighted by molar-refractivity contribution is -0.161. The fraction of sp³-hybridized carbons (Fsp3) is 0.674. The van der Waals surface area contributed by atoms with E-state index in [9.17, 15) is 14.7 Å². The highest BCUT2D eigenvalue weighted by Crippen LogP contribution is 2.13. The van der Waals surface area contributed by atoms with Crippen LogP contribution < -0.4 is 0 Å². The van der Waals surface area contributed by atoms with Gasteiger partial charge in [0.05, 0.1) is 6.61 Å². The molecular formula is C43H72O5. The minimum absolute atomic E-state index is 0.0925. The van der Waals surface area contributed by atoms with Gasteiger partial charge in [0.2, 0.25) is 0 Å². The molecule has 0 rings (SSSR count). The highest BCUT2D eigenvalue weighted by molar-refractivity contribution is 5.70. The maximum atomic E-state index is 12.2. The van der Waals surface area contributed by atoms with Crippen LogP contribution in [-0.2, 0) is 19.1 Å². The first kappa shape index (κ1) is 45.3. The molecule has 5 nitrogen and oxygen atoms in total. The molecule has 0 fully saturated rings. The van der Waals surface area contributed by atoms with E-state index in [2.05, 4.69) is 86.8 Å². The molecule has 0 bridgehead atoms. The van der Waals surface area contributed by atoms with Gasteiger partial charge in [0, 0.05) is 12.8 Å². The van der Waals surface area contributed by atoms with Crippen molar-refractivity contribution in [2.75, 3.05) is 13.2 Å². The SMILES string of the molecule is CC/C=C/C/C=C/C/C=C/C/C=C/CCCCC(=O)OC[C@H](CO)OC(=O)CCCCCCCCCCC/C=C/C/C=C/CCCCC. The number of aliphatic hydroxyl groups is 1. The molecule has 0 aliphatic rings. The Labute approximate surface area is 295 Å². The molecule has 0 aromatic carbocycles. The van der Waals surface area contributed by atoms with Crippen LogP contribution in [0.3, 0.4) is 0 Å². The lowest BCUT2D eigenvalue weighted by Gasteiger charge is -2.15. The van der Waals surface area contributed by atoms with Gasteiger partial charge in [-0.2, -0.15) is 0 Å². The minimum Gasteiger partial charge on any atom is -0.462 e. The summed E-state index contributed by atoms with van der Waals surface area (Å²) < 4.78 is 10.6. The van der Waals surface area contributed by atoms with Crippen LogP contribution in [0, 0.1) is 0 Å². The van der Waals surface area contributed by atoms with Crippen LogP contribution in [-0.4, -0.2) is 36.4 Å². The fourth-order valence-corrected chi connectivity index (χ4v) is 5.04. The number of esters is 2. The zero-order chi connectivity index (χ0) is 35.0. The number of ether oxygens (including phenoxy) is 2. The summed E-state index contributed by atoms with van der Waals surface area (Å²) >= 11 is 0. The van der Waals surface area contributed by atoms with Crippen molar-refractivity contribution in [2.24, 2.45) is 0 Å². The van der Waals surface area contributed by atoms with E-state index in [1.165, 1.54) is 70.6 Å². The number of carbonyl (C=O) groups excluding carboxylic acids is 2. The predicted molar refractivity (Wildman–Crippen MR) is 205 cm³/mol. The molecule has 0 unspecified atom stereocenters. The molecule has 5 heteroatoms. The number of carbonyl (C=O) groups is 2. The second-order valence-corrected chi connectivity index (χ2v) is 12.6. The van der Waals surface area contributed by atoms with Gasteiger partial charge in [0.25, 0.3) is 0 Å². The summed E-state index contributed by atoms with van der Waals surface area (Å²) in [5.41, 5.74) is 0. The summed E-state index contributed by atoms with van der Waals surface area (Å²) in [6.45, 7) is 3.94. The number of unbranched alkanes of at least 4 members (excludes halogenated alkanes) is 14. The van der Waals surface area contributed by atoms with Crippen LogP contribution in [0.1, 0.15) is 168 Å². The van der Waals surface area contributed by atoms with E-state index < -0.39 is 6.10 Å². The minimum atomic E-state index is -0.793. The summed E-state index contributed by atoms with van der Waals surface area (Å²) in [7, 11) is 0. The zero-order valence-electron chi connectivity index (χ0n) is 31.0. The lowest BCUT2D eigenvalue weighted by Crippen LogP contribution is -2.28. The molecule has 0 radical (unpaired) electrons. The normalized spacial score (nSPS) is 13.0. The maximum absolute atomic E-state index is 12.2. The molecule has 0 aliphatic carbocycles. The Kier molecular flexibility index (Phi) is 36.6. The van der Waals surface area contributed by atoms with Crippen LogP contribution in [0.2, 0.25) is 0 Å². The summed E-state index contributed by atoms with van der Waals surface area (Å²) in [5, 5.41) is 9.55. The van der Waals surface area contributed by atoms with Gasteiger partial charge in [0.15, 0.2) is 6.10 Å². The molecule has 274 valence electrons. The Balaban J connectivity index is 3.64. The molecule has 0 heterocycles. The Hall–Kier alpha value is -2.66. The second kappa shape index (κ2) is 38.8. The van der Waals surface area contributed by atoms with Crippen molar-refractivity contribution in [2.45, 2.75) is 174 Å². The van der Waals surface area contributed by atoms with Gasteiger partial charge in [-0.15, -0.1) is 0 Å². The van der Waals surface area contributed by atoms with Gasteiger partial charge in [-0.05, 0) is 83.5 Å². The van der Waals surface area contributed by atoms with E-state index >= 15 is 0 Å². The molecule has 1 N–H and O–H groups in total. The van der Waals surface area contributed by atoms with E-state index in [1.54, 1.807) is 0 Å². The van der Waals surface area contributed by atoms with Crippen molar-refractivity contribution in [1.82, 2.24) is 0 Å². The highest BCUT2D eigenvalue weighted by Gasteiger charge is 2.16. The van der Waals surface area contributed by atoms with Gasteiger partial charge in [-0.3, -0.25) is 9.59 Å². The number of aliphatic hydroxyl groups excluding tert-OH is 1. The molecule has 48 heavy (non-hydrogen) atoms. The standard InChI is InChI=1S/C43H72O5/c1-3-5-7-9-11-13-15-17-19-20-21-22-24-26-28-30-32-34-36-38-43(46)48-41(39-44)40-47-42(45)37-35-33-31-29-27-25-23-18-16-14-12-10-8-6-4-2/h6,8,11-14,17-19,23,27,29,41,44H,3-5,7,9-10,15-16,20-22,24-26,28,30-40H2,1-2H3/b8-6+,13-11+,14-12+,19-17+,23-18+,29-27+/t41-/m0/s1. The summed E-state index contributed by atoms with van der Waals surface area (Å²) in [4.78, 5) is 24.2. The number of allylic oxidation sites excluding steroid dienone is 12. The second-order valence-electron chi connectivity index (χ2n) is 12.6. The Morgan fingerprint density at radius 3 is 1.40 bits per heavy atom. The van der Waals surface area contributed by atoms with Gasteiger partial charge < -0.3 is 14.6 Å². The zero-order valence-corrected chi connectivity index (χ0v) is 31.0. The summed E-state index contributed by atoms with van der Waals surface area (Å²) in [6, 6.07) is 0. The third-order valence-corrected chi connectivity index (χ3v) is 7.98. The van der Waals surface area contributed by atoms with Crippen LogP contribution >= 0.6 is 0 Å². The van der Waals surface area contributed by atoms with Crippen LogP contribution in [0.25, 0.3) is 0 Å². The molecule has 0 amide bonds. The van der Waals surface area contributed by atoms with Crippen LogP contribution in [0.4, 0.5) is 0 Å². The van der Waals surface area contributed by atoms with Crippen LogP contribution in [0.15, 0.2) is 72.9 Å². The van der Waals surface area contributed by atoms with Crippen molar-refractivity contribution < 1.29 is 24.2 Å². The van der Waals surface area contributed by atoms with Crippen molar-refractivity contribution in [3.05, 3.63) is 72.9 Å². The molecule has 1 atom stereocenters. The first-order valence-corrected chi connectivity index (χ1v) is 19.5. The molecule has 0 aromatic rings. The summed E-state index contributed by atoms with van der Waals surface area (Å²) in [5.74, 6) is -0.650. The molecular weight excluding hydrogens is 596 g/mol. The summed E-state index contributed by atoms with van der Waals surface area (Å²) in [6.07, 6.45) is 51.0. The largest absolute Gasteiger partial charge is 0.462 e. The Morgan fingerprint density at radius 1 is 0.500 bits per heavy atom. The predicted octanol–water partition coefficient (Wildman–Crippen LogP) is 12.2. The van der Waals surface area contributed by atoms with Crippen molar-refractivity contribution in [3.8, 4) is 0 Å². The third kappa shape index (κ3) is 36.2. The smallest absolute Gasteiger partial charge is 0.306 e. The van der Waals surface area contributed by atoms with E-state index in [0.29, 0.717) is 12.8 Å².